The number of rotatable bonds is 3. The van der Waals surface area contributed by atoms with E-state index in [2.05, 4.69) is 89.6 Å². The molecule has 2 atom stereocenters. The lowest BCUT2D eigenvalue weighted by Gasteiger charge is -2.26. The van der Waals surface area contributed by atoms with Crippen LogP contribution in [0.5, 0.6) is 0 Å². The van der Waals surface area contributed by atoms with Crippen molar-refractivity contribution >= 4 is 23.2 Å². The minimum Gasteiger partial charge on any atom is -0.310 e. The summed E-state index contributed by atoms with van der Waals surface area (Å²) < 4.78 is 2.27. The van der Waals surface area contributed by atoms with Crippen molar-refractivity contribution in [3.63, 3.8) is 0 Å². The average Bonchev–Trinajstić information content (AvgIpc) is 3.23. The number of allylic oxidation sites excluding steroid dienone is 5. The van der Waals surface area contributed by atoms with Gasteiger partial charge in [-0.1, -0.05) is 66.8 Å². The lowest BCUT2D eigenvalue weighted by atomic mass is 9.78. The minimum atomic E-state index is 0.283. The zero-order chi connectivity index (χ0) is 22.4. The van der Waals surface area contributed by atoms with Crippen LogP contribution < -0.4 is 0 Å². The largest absolute Gasteiger partial charge is 0.310 e. The molecule has 156 valence electrons. The van der Waals surface area contributed by atoms with Crippen LogP contribution in [0.1, 0.15) is 28.3 Å². The molecule has 0 saturated carbocycles. The number of fused-ring (bicyclic) bond motifs is 5. The third kappa shape index (κ3) is 3.00. The van der Waals surface area contributed by atoms with Gasteiger partial charge in [-0.2, -0.15) is 5.26 Å². The normalized spacial score (nSPS) is 18.0. The molecule has 2 aliphatic carbocycles. The van der Waals surface area contributed by atoms with Gasteiger partial charge < -0.3 is 9.98 Å². The van der Waals surface area contributed by atoms with E-state index in [9.17, 15) is 5.26 Å². The van der Waals surface area contributed by atoms with Crippen molar-refractivity contribution in [2.45, 2.75) is 5.92 Å². The highest BCUT2D eigenvalue weighted by Gasteiger charge is 2.30. The Hall–Kier alpha value is -4.42. The summed E-state index contributed by atoms with van der Waals surface area (Å²) in [6, 6.07) is 25.1. The van der Waals surface area contributed by atoms with Crippen molar-refractivity contribution in [3.05, 3.63) is 119 Å². The van der Waals surface area contributed by atoms with E-state index in [-0.39, 0.29) is 5.92 Å². The van der Waals surface area contributed by atoms with Gasteiger partial charge in [0.05, 0.1) is 22.8 Å². The van der Waals surface area contributed by atoms with Crippen molar-refractivity contribution in [2.75, 3.05) is 0 Å². The van der Waals surface area contributed by atoms with E-state index in [1.54, 1.807) is 0 Å². The van der Waals surface area contributed by atoms with E-state index in [1.165, 1.54) is 28.3 Å². The summed E-state index contributed by atoms with van der Waals surface area (Å²) in [6.45, 7) is 0. The quantitative estimate of drug-likeness (QED) is 0.354. The fourth-order valence-electron chi connectivity index (χ4n) is 5.15. The average molecular weight is 424 g/mol. The van der Waals surface area contributed by atoms with E-state index in [0.717, 1.165) is 16.9 Å². The van der Waals surface area contributed by atoms with Gasteiger partial charge in [0.1, 0.15) is 0 Å². The molecule has 1 N–H and O–H groups in total. The van der Waals surface area contributed by atoms with E-state index in [4.69, 9.17) is 5.41 Å². The minimum absolute atomic E-state index is 0.283. The summed E-state index contributed by atoms with van der Waals surface area (Å²) in [4.78, 5) is 0. The van der Waals surface area contributed by atoms with Gasteiger partial charge in [0.25, 0.3) is 0 Å². The second kappa shape index (κ2) is 7.62. The maximum absolute atomic E-state index is 9.42. The van der Waals surface area contributed by atoms with Crippen LogP contribution in [0, 0.1) is 22.7 Å². The molecule has 0 amide bonds. The summed E-state index contributed by atoms with van der Waals surface area (Å²) >= 11 is 0. The molecule has 1 aromatic heterocycles. The van der Waals surface area contributed by atoms with Crippen LogP contribution in [-0.4, -0.2) is 10.8 Å². The van der Waals surface area contributed by atoms with Gasteiger partial charge >= 0.3 is 0 Å². The number of aromatic nitrogens is 1. The van der Waals surface area contributed by atoms with Crippen LogP contribution in [0.15, 0.2) is 97.1 Å². The first-order valence-electron chi connectivity index (χ1n) is 11.1. The molecule has 2 aliphatic rings. The Morgan fingerprint density at radius 3 is 2.55 bits per heavy atom. The van der Waals surface area contributed by atoms with Crippen LogP contribution >= 0.6 is 0 Å². The second-order valence-corrected chi connectivity index (χ2v) is 8.49. The summed E-state index contributed by atoms with van der Waals surface area (Å²) in [5, 5.41) is 18.4. The van der Waals surface area contributed by atoms with E-state index in [0.29, 0.717) is 17.0 Å². The molecule has 3 heteroatoms. The van der Waals surface area contributed by atoms with Gasteiger partial charge in [-0.25, -0.2) is 0 Å². The number of benzene rings is 3. The highest BCUT2D eigenvalue weighted by molar-refractivity contribution is 5.95. The van der Waals surface area contributed by atoms with Crippen molar-refractivity contribution in [3.8, 4) is 22.9 Å². The number of nitriles is 1. The van der Waals surface area contributed by atoms with Crippen LogP contribution in [-0.2, 0) is 0 Å². The molecule has 3 aromatic carbocycles. The zero-order valence-electron chi connectivity index (χ0n) is 17.9. The summed E-state index contributed by atoms with van der Waals surface area (Å²) in [5.41, 5.74) is 8.13. The Morgan fingerprint density at radius 2 is 1.73 bits per heavy atom. The zero-order valence-corrected chi connectivity index (χ0v) is 17.9. The monoisotopic (exact) mass is 423 g/mol. The molecule has 0 aliphatic heterocycles. The van der Waals surface area contributed by atoms with Crippen molar-refractivity contribution in [1.29, 1.82) is 10.7 Å². The van der Waals surface area contributed by atoms with Crippen LogP contribution in [0.2, 0.25) is 0 Å². The van der Waals surface area contributed by atoms with E-state index >= 15 is 0 Å². The number of nitrogens with zero attached hydrogens (tertiary/aromatic N) is 2. The first kappa shape index (κ1) is 19.3. The standard InChI is InChI=1S/C30H21N3/c31-18-23-10-13-25(16-24(23)19-32)33-28-14-12-22(20-6-2-1-3-7-20)17-27(28)30-26-9-5-4-8-21(26)11-15-29(30)33/h1-17,19,21,26,32H. The number of hydrogen-bond donors (Lipinski definition) is 1. The number of hydrogen-bond acceptors (Lipinski definition) is 2. The number of nitrogens with one attached hydrogen (secondary N) is 1. The molecule has 0 spiro atoms. The Kier molecular flexibility index (Phi) is 4.45. The third-order valence-corrected chi connectivity index (χ3v) is 6.71. The molecule has 6 rings (SSSR count). The Labute approximate surface area is 192 Å². The first-order valence-corrected chi connectivity index (χ1v) is 11.1. The van der Waals surface area contributed by atoms with Gasteiger partial charge in [-0.15, -0.1) is 0 Å². The summed E-state index contributed by atoms with van der Waals surface area (Å²) in [7, 11) is 0. The molecule has 3 nitrogen and oxygen atoms in total. The summed E-state index contributed by atoms with van der Waals surface area (Å²) in [6.07, 6.45) is 14.6. The van der Waals surface area contributed by atoms with Crippen molar-refractivity contribution < 1.29 is 0 Å². The first-order chi connectivity index (χ1) is 16.3. The molecule has 0 saturated heterocycles. The van der Waals surface area contributed by atoms with Crippen molar-refractivity contribution in [1.82, 2.24) is 4.57 Å². The highest BCUT2D eigenvalue weighted by Crippen LogP contribution is 2.45. The van der Waals surface area contributed by atoms with Gasteiger partial charge in [-0.3, -0.25) is 0 Å². The smallest absolute Gasteiger partial charge is 0.0998 e. The molecule has 0 radical (unpaired) electrons. The maximum Gasteiger partial charge on any atom is 0.0998 e. The fraction of sp³-hybridized carbons (Fsp3) is 0.0667. The topological polar surface area (TPSA) is 52.6 Å². The predicted molar refractivity (Wildman–Crippen MR) is 135 cm³/mol. The van der Waals surface area contributed by atoms with Crippen molar-refractivity contribution in [2.24, 2.45) is 5.92 Å². The Bertz CT molecular complexity index is 1540. The fourth-order valence-corrected chi connectivity index (χ4v) is 5.15. The maximum atomic E-state index is 9.42. The summed E-state index contributed by atoms with van der Waals surface area (Å²) in [5.74, 6) is 0.630. The van der Waals surface area contributed by atoms with E-state index < -0.39 is 0 Å². The van der Waals surface area contributed by atoms with E-state index in [1.807, 2.05) is 24.3 Å². The molecular weight excluding hydrogens is 402 g/mol. The van der Waals surface area contributed by atoms with Gasteiger partial charge in [0.15, 0.2) is 0 Å². The Balaban J connectivity index is 1.66. The molecule has 4 aromatic rings. The molecule has 0 bridgehead atoms. The van der Waals surface area contributed by atoms with Crippen LogP contribution in [0.25, 0.3) is 33.8 Å². The van der Waals surface area contributed by atoms with Crippen LogP contribution in [0.3, 0.4) is 0 Å². The predicted octanol–water partition coefficient (Wildman–Crippen LogP) is 7.02. The molecular formula is C30H21N3. The lowest BCUT2D eigenvalue weighted by molar-refractivity contribution is 0.693. The molecule has 1 heterocycles. The molecule has 33 heavy (non-hydrogen) atoms. The Morgan fingerprint density at radius 1 is 0.879 bits per heavy atom. The molecule has 0 fully saturated rings. The SMILES string of the molecule is N#Cc1ccc(-n2c3c(c4cc(-c5ccccc5)ccc42)C2C=CC=CC2C=C3)cc1C=N. The van der Waals surface area contributed by atoms with Gasteiger partial charge in [-0.05, 0) is 53.1 Å². The van der Waals surface area contributed by atoms with Gasteiger partial charge in [0, 0.05) is 34.7 Å². The van der Waals surface area contributed by atoms with Gasteiger partial charge in [0.2, 0.25) is 0 Å². The lowest BCUT2D eigenvalue weighted by Crippen LogP contribution is -2.14. The van der Waals surface area contributed by atoms with Crippen LogP contribution in [0.4, 0.5) is 0 Å². The highest BCUT2D eigenvalue weighted by atomic mass is 15.0. The molecule has 2 unspecified atom stereocenters. The third-order valence-electron chi connectivity index (χ3n) is 6.71. The second-order valence-electron chi connectivity index (χ2n) is 8.49.